The van der Waals surface area contributed by atoms with Gasteiger partial charge in [-0.25, -0.2) is 5.84 Å². The SMILES string of the molecule is COc1ccc(C(=O)Nc2cc(/C(=N/N)NN)ccc2[N+](=O)[O-])cc1. The van der Waals surface area contributed by atoms with Gasteiger partial charge in [0, 0.05) is 17.2 Å². The Labute approximate surface area is 142 Å². The lowest BCUT2D eigenvalue weighted by molar-refractivity contribution is -0.383. The molecule has 1 amide bonds. The summed E-state index contributed by atoms with van der Waals surface area (Å²) < 4.78 is 5.02. The van der Waals surface area contributed by atoms with E-state index < -0.39 is 10.8 Å². The summed E-state index contributed by atoms with van der Waals surface area (Å²) in [6.07, 6.45) is 0. The third-order valence-corrected chi connectivity index (χ3v) is 3.33. The van der Waals surface area contributed by atoms with Gasteiger partial charge in [0.05, 0.1) is 12.0 Å². The second-order valence-electron chi connectivity index (χ2n) is 4.79. The van der Waals surface area contributed by atoms with Crippen molar-refractivity contribution in [1.82, 2.24) is 5.43 Å². The summed E-state index contributed by atoms with van der Waals surface area (Å²) in [5.41, 5.74) is 2.66. The first kappa shape index (κ1) is 17.7. The Bertz CT molecular complexity index is 819. The molecule has 2 aromatic rings. The molecule has 2 rings (SSSR count). The van der Waals surface area contributed by atoms with Crippen LogP contribution in [0.15, 0.2) is 47.6 Å². The number of hydrogen-bond donors (Lipinski definition) is 4. The van der Waals surface area contributed by atoms with Crippen molar-refractivity contribution in [1.29, 1.82) is 0 Å². The normalized spacial score (nSPS) is 10.9. The van der Waals surface area contributed by atoms with E-state index in [0.717, 1.165) is 0 Å². The Hall–Kier alpha value is -3.66. The molecule has 0 saturated carbocycles. The van der Waals surface area contributed by atoms with Crippen molar-refractivity contribution in [2.24, 2.45) is 16.8 Å². The maximum absolute atomic E-state index is 12.3. The van der Waals surface area contributed by atoms with E-state index in [4.69, 9.17) is 16.4 Å². The molecule has 0 unspecified atom stereocenters. The van der Waals surface area contributed by atoms with Crippen LogP contribution in [-0.2, 0) is 0 Å². The number of methoxy groups -OCH3 is 1. The number of nitro groups is 1. The molecule has 130 valence electrons. The average Bonchev–Trinajstić information content (AvgIpc) is 2.62. The Morgan fingerprint density at radius 1 is 1.20 bits per heavy atom. The minimum Gasteiger partial charge on any atom is -0.497 e. The summed E-state index contributed by atoms with van der Waals surface area (Å²) in [7, 11) is 1.51. The third-order valence-electron chi connectivity index (χ3n) is 3.33. The van der Waals surface area contributed by atoms with Crippen LogP contribution in [0, 0.1) is 10.1 Å². The summed E-state index contributed by atoms with van der Waals surface area (Å²) in [6.45, 7) is 0. The number of nitrogens with two attached hydrogens (primary N) is 2. The molecule has 0 spiro atoms. The number of nitro benzene ring substituents is 1. The van der Waals surface area contributed by atoms with E-state index in [1.165, 1.54) is 37.4 Å². The highest BCUT2D eigenvalue weighted by Crippen LogP contribution is 2.26. The number of hydrogen-bond acceptors (Lipinski definition) is 7. The predicted octanol–water partition coefficient (Wildman–Crippen LogP) is 0.939. The summed E-state index contributed by atoms with van der Waals surface area (Å²) in [5.74, 6) is 10.7. The highest BCUT2D eigenvalue weighted by atomic mass is 16.6. The van der Waals surface area contributed by atoms with Gasteiger partial charge in [0.2, 0.25) is 0 Å². The molecule has 10 heteroatoms. The molecule has 25 heavy (non-hydrogen) atoms. The van der Waals surface area contributed by atoms with Gasteiger partial charge in [-0.2, -0.15) is 5.10 Å². The van der Waals surface area contributed by atoms with Crippen LogP contribution in [0.2, 0.25) is 0 Å². The van der Waals surface area contributed by atoms with Crippen molar-refractivity contribution >= 4 is 23.1 Å². The zero-order chi connectivity index (χ0) is 18.4. The number of carbonyl (C=O) groups is 1. The molecular weight excluding hydrogens is 328 g/mol. The minimum atomic E-state index is -0.609. The second kappa shape index (κ2) is 7.75. The molecule has 0 bridgehead atoms. The zero-order valence-corrected chi connectivity index (χ0v) is 13.2. The van der Waals surface area contributed by atoms with E-state index in [1.807, 2.05) is 0 Å². The van der Waals surface area contributed by atoms with Crippen molar-refractivity contribution in [2.45, 2.75) is 0 Å². The fourth-order valence-corrected chi connectivity index (χ4v) is 2.07. The van der Waals surface area contributed by atoms with Gasteiger partial charge in [0.15, 0.2) is 5.84 Å². The van der Waals surface area contributed by atoms with Crippen LogP contribution in [0.1, 0.15) is 15.9 Å². The Morgan fingerprint density at radius 3 is 2.36 bits per heavy atom. The minimum absolute atomic E-state index is 0.0141. The van der Waals surface area contributed by atoms with Crippen molar-refractivity contribution in [3.05, 3.63) is 63.7 Å². The van der Waals surface area contributed by atoms with E-state index in [2.05, 4.69) is 15.8 Å². The van der Waals surface area contributed by atoms with Gasteiger partial charge in [-0.15, -0.1) is 0 Å². The van der Waals surface area contributed by atoms with Crippen LogP contribution in [0.4, 0.5) is 11.4 Å². The maximum atomic E-state index is 12.3. The molecule has 10 nitrogen and oxygen atoms in total. The number of nitrogens with one attached hydrogen (secondary N) is 2. The predicted molar refractivity (Wildman–Crippen MR) is 92.1 cm³/mol. The van der Waals surface area contributed by atoms with E-state index in [0.29, 0.717) is 16.9 Å². The first-order chi connectivity index (χ1) is 12.0. The smallest absolute Gasteiger partial charge is 0.292 e. The molecule has 0 atom stereocenters. The Balaban J connectivity index is 2.36. The molecule has 0 aromatic heterocycles. The molecule has 0 aliphatic heterocycles. The summed E-state index contributed by atoms with van der Waals surface area (Å²) in [5, 5.41) is 17.1. The second-order valence-corrected chi connectivity index (χ2v) is 4.79. The summed E-state index contributed by atoms with van der Waals surface area (Å²) in [6, 6.07) is 10.3. The van der Waals surface area contributed by atoms with Crippen LogP contribution >= 0.6 is 0 Å². The van der Waals surface area contributed by atoms with Crippen molar-refractivity contribution in [3.63, 3.8) is 0 Å². The van der Waals surface area contributed by atoms with Gasteiger partial charge >= 0.3 is 0 Å². The molecule has 6 N–H and O–H groups in total. The lowest BCUT2D eigenvalue weighted by Crippen LogP contribution is -2.32. The molecule has 0 heterocycles. The Morgan fingerprint density at radius 2 is 1.84 bits per heavy atom. The van der Waals surface area contributed by atoms with Crippen LogP contribution in [0.3, 0.4) is 0 Å². The van der Waals surface area contributed by atoms with Gasteiger partial charge in [-0.1, -0.05) is 0 Å². The molecule has 0 saturated heterocycles. The average molecular weight is 344 g/mol. The van der Waals surface area contributed by atoms with Gasteiger partial charge in [0.1, 0.15) is 11.4 Å². The maximum Gasteiger partial charge on any atom is 0.292 e. The van der Waals surface area contributed by atoms with Crippen molar-refractivity contribution in [3.8, 4) is 5.75 Å². The highest BCUT2D eigenvalue weighted by molar-refractivity contribution is 6.07. The quantitative estimate of drug-likeness (QED) is 0.206. The Kier molecular flexibility index (Phi) is 5.48. The zero-order valence-electron chi connectivity index (χ0n) is 13.2. The van der Waals surface area contributed by atoms with E-state index in [9.17, 15) is 14.9 Å². The van der Waals surface area contributed by atoms with Crippen molar-refractivity contribution in [2.75, 3.05) is 12.4 Å². The standard InChI is InChI=1S/C15H16N6O4/c1-25-11-5-2-9(3-6-11)15(22)18-12-8-10(14(19-16)20-17)4-7-13(12)21(23)24/h2-8H,16-17H2,1H3,(H,18,22)(H,19,20). The molecule has 2 aromatic carbocycles. The number of anilines is 1. The fraction of sp³-hybridized carbons (Fsp3) is 0.0667. The first-order valence-corrected chi connectivity index (χ1v) is 6.99. The third kappa shape index (κ3) is 4.00. The number of rotatable bonds is 5. The van der Waals surface area contributed by atoms with Gasteiger partial charge in [-0.3, -0.25) is 14.9 Å². The van der Waals surface area contributed by atoms with Gasteiger partial charge < -0.3 is 21.3 Å². The number of amidine groups is 1. The number of nitrogens with zero attached hydrogens (tertiary/aromatic N) is 2. The van der Waals surface area contributed by atoms with Crippen LogP contribution in [-0.4, -0.2) is 23.8 Å². The van der Waals surface area contributed by atoms with Crippen LogP contribution in [0.25, 0.3) is 0 Å². The lowest BCUT2D eigenvalue weighted by atomic mass is 10.1. The lowest BCUT2D eigenvalue weighted by Gasteiger charge is -2.10. The number of carbonyl (C=O) groups excluding carboxylic acids is 1. The largest absolute Gasteiger partial charge is 0.497 e. The van der Waals surface area contributed by atoms with E-state index in [1.54, 1.807) is 12.1 Å². The molecule has 0 radical (unpaired) electrons. The molecule has 0 fully saturated rings. The van der Waals surface area contributed by atoms with E-state index in [-0.39, 0.29) is 17.2 Å². The number of amides is 1. The summed E-state index contributed by atoms with van der Waals surface area (Å²) >= 11 is 0. The van der Waals surface area contributed by atoms with Gasteiger partial charge in [-0.05, 0) is 36.4 Å². The van der Waals surface area contributed by atoms with Crippen molar-refractivity contribution < 1.29 is 14.5 Å². The monoisotopic (exact) mass is 344 g/mol. The molecule has 0 aliphatic carbocycles. The molecular formula is C15H16N6O4. The summed E-state index contributed by atoms with van der Waals surface area (Å²) in [4.78, 5) is 22.9. The topological polar surface area (TPSA) is 158 Å². The number of ether oxygens (including phenoxy) is 1. The van der Waals surface area contributed by atoms with Crippen LogP contribution < -0.4 is 27.2 Å². The van der Waals surface area contributed by atoms with Gasteiger partial charge in [0.25, 0.3) is 11.6 Å². The first-order valence-electron chi connectivity index (χ1n) is 6.99. The number of hydrazine groups is 1. The fourth-order valence-electron chi connectivity index (χ4n) is 2.07. The number of hydrazone groups is 1. The molecule has 0 aliphatic rings. The van der Waals surface area contributed by atoms with E-state index >= 15 is 0 Å². The van der Waals surface area contributed by atoms with Crippen LogP contribution in [0.5, 0.6) is 5.75 Å². The number of benzene rings is 2. The highest BCUT2D eigenvalue weighted by Gasteiger charge is 2.18.